The molecular formula is C19H18F3NO3. The molecule has 1 spiro atoms. The van der Waals surface area contributed by atoms with Crippen molar-refractivity contribution in [2.24, 2.45) is 0 Å². The summed E-state index contributed by atoms with van der Waals surface area (Å²) < 4.78 is 50.0. The van der Waals surface area contributed by atoms with Crippen molar-refractivity contribution in [2.45, 2.75) is 36.3 Å². The number of hydrogen-bond acceptors (Lipinski definition) is 4. The van der Waals surface area contributed by atoms with Crippen molar-refractivity contribution in [1.82, 2.24) is 4.98 Å². The van der Waals surface area contributed by atoms with E-state index in [1.54, 1.807) is 24.4 Å². The molecule has 26 heavy (non-hydrogen) atoms. The fraction of sp³-hybridized carbons (Fsp3) is 0.421. The van der Waals surface area contributed by atoms with Crippen molar-refractivity contribution >= 4 is 0 Å². The maximum atomic E-state index is 12.9. The number of halogens is 3. The molecule has 0 radical (unpaired) electrons. The van der Waals surface area contributed by atoms with Crippen LogP contribution in [0.1, 0.15) is 35.8 Å². The SMILES string of the molecule is OC(c1ccccn1)C1(c2ccc(C(F)(F)F)cc2)CC2(C1)OCCO2. The number of pyridine rings is 1. The summed E-state index contributed by atoms with van der Waals surface area (Å²) in [5, 5.41) is 11.0. The van der Waals surface area contributed by atoms with Gasteiger partial charge in [0.05, 0.1) is 24.5 Å². The zero-order chi connectivity index (χ0) is 18.4. The summed E-state index contributed by atoms with van der Waals surface area (Å²) in [6.07, 6.45) is -3.06. The number of alkyl halides is 3. The Kier molecular flexibility index (Phi) is 4.06. The zero-order valence-corrected chi connectivity index (χ0v) is 13.9. The molecule has 2 heterocycles. The summed E-state index contributed by atoms with van der Waals surface area (Å²) in [6, 6.07) is 10.2. The van der Waals surface area contributed by atoms with Crippen LogP contribution >= 0.6 is 0 Å². The Morgan fingerprint density at radius 3 is 2.19 bits per heavy atom. The maximum absolute atomic E-state index is 12.9. The van der Waals surface area contributed by atoms with E-state index in [0.29, 0.717) is 37.3 Å². The minimum absolute atomic E-state index is 0.364. The molecule has 0 bridgehead atoms. The Balaban J connectivity index is 1.70. The van der Waals surface area contributed by atoms with Crippen LogP contribution in [0.5, 0.6) is 0 Å². The standard InChI is InChI=1S/C19H18F3NO3/c20-19(21,22)14-6-4-13(5-7-14)17(11-18(12-17)25-9-10-26-18)16(24)15-3-1-2-8-23-15/h1-8,16,24H,9-12H2. The lowest BCUT2D eigenvalue weighted by molar-refractivity contribution is -0.258. The van der Waals surface area contributed by atoms with E-state index in [4.69, 9.17) is 9.47 Å². The van der Waals surface area contributed by atoms with Crippen LogP contribution in [-0.2, 0) is 21.1 Å². The lowest BCUT2D eigenvalue weighted by Gasteiger charge is -2.55. The average molecular weight is 365 g/mol. The van der Waals surface area contributed by atoms with Crippen LogP contribution in [0.2, 0.25) is 0 Å². The third-order valence-corrected chi connectivity index (χ3v) is 5.26. The van der Waals surface area contributed by atoms with Crippen molar-refractivity contribution in [3.8, 4) is 0 Å². The quantitative estimate of drug-likeness (QED) is 0.903. The van der Waals surface area contributed by atoms with Gasteiger partial charge in [0, 0.05) is 24.5 Å². The summed E-state index contributed by atoms with van der Waals surface area (Å²) in [5.74, 6) is -0.765. The Bertz CT molecular complexity index is 763. The second kappa shape index (κ2) is 6.04. The molecule has 1 atom stereocenters. The topological polar surface area (TPSA) is 51.6 Å². The fourth-order valence-corrected chi connectivity index (χ4v) is 3.98. The number of hydrogen-bond donors (Lipinski definition) is 1. The molecule has 1 aromatic heterocycles. The van der Waals surface area contributed by atoms with Crippen LogP contribution in [0, 0.1) is 0 Å². The molecule has 138 valence electrons. The van der Waals surface area contributed by atoms with Crippen LogP contribution in [0.15, 0.2) is 48.7 Å². The van der Waals surface area contributed by atoms with Gasteiger partial charge >= 0.3 is 6.18 Å². The number of aliphatic hydroxyl groups is 1. The monoisotopic (exact) mass is 365 g/mol. The van der Waals surface area contributed by atoms with E-state index in [0.717, 1.165) is 12.1 Å². The van der Waals surface area contributed by atoms with Gasteiger partial charge in [0.25, 0.3) is 0 Å². The highest BCUT2D eigenvalue weighted by Crippen LogP contribution is 2.59. The first-order chi connectivity index (χ1) is 12.3. The van der Waals surface area contributed by atoms with Gasteiger partial charge in [-0.2, -0.15) is 13.2 Å². The van der Waals surface area contributed by atoms with E-state index >= 15 is 0 Å². The smallest absolute Gasteiger partial charge is 0.386 e. The summed E-state index contributed by atoms with van der Waals surface area (Å²) in [7, 11) is 0. The van der Waals surface area contributed by atoms with Gasteiger partial charge in [-0.25, -0.2) is 0 Å². The zero-order valence-electron chi connectivity index (χ0n) is 13.9. The Labute approximate surface area is 148 Å². The van der Waals surface area contributed by atoms with Crippen molar-refractivity contribution in [3.63, 3.8) is 0 Å². The summed E-state index contributed by atoms with van der Waals surface area (Å²) in [6.45, 7) is 0.950. The molecule has 1 aromatic carbocycles. The molecule has 4 nitrogen and oxygen atoms in total. The van der Waals surface area contributed by atoms with Crippen LogP contribution in [-0.4, -0.2) is 29.1 Å². The first-order valence-corrected chi connectivity index (χ1v) is 8.39. The average Bonchev–Trinajstić information content (AvgIpc) is 3.09. The molecule has 1 saturated heterocycles. The van der Waals surface area contributed by atoms with Crippen molar-refractivity contribution < 1.29 is 27.8 Å². The minimum Gasteiger partial charge on any atom is -0.386 e. The van der Waals surface area contributed by atoms with Gasteiger partial charge in [-0.05, 0) is 29.8 Å². The number of aromatic nitrogens is 1. The Hall–Kier alpha value is -1.96. The van der Waals surface area contributed by atoms with E-state index < -0.39 is 29.0 Å². The van der Waals surface area contributed by atoms with Gasteiger partial charge in [0.1, 0.15) is 6.10 Å². The van der Waals surface area contributed by atoms with Gasteiger partial charge in [-0.1, -0.05) is 18.2 Å². The molecule has 1 N–H and O–H groups in total. The van der Waals surface area contributed by atoms with E-state index in [1.807, 2.05) is 0 Å². The van der Waals surface area contributed by atoms with Gasteiger partial charge < -0.3 is 14.6 Å². The van der Waals surface area contributed by atoms with Crippen molar-refractivity contribution in [2.75, 3.05) is 13.2 Å². The van der Waals surface area contributed by atoms with E-state index in [1.165, 1.54) is 12.1 Å². The third kappa shape index (κ3) is 2.80. The molecule has 0 amide bonds. The Morgan fingerprint density at radius 1 is 1.00 bits per heavy atom. The van der Waals surface area contributed by atoms with Crippen LogP contribution < -0.4 is 0 Å². The van der Waals surface area contributed by atoms with Crippen molar-refractivity contribution in [1.29, 1.82) is 0 Å². The molecule has 1 unspecified atom stereocenters. The third-order valence-electron chi connectivity index (χ3n) is 5.26. The molecule has 1 saturated carbocycles. The number of ether oxygens (including phenoxy) is 2. The summed E-state index contributed by atoms with van der Waals surface area (Å²) in [5.41, 5.74) is -0.428. The van der Waals surface area contributed by atoms with Crippen LogP contribution in [0.3, 0.4) is 0 Å². The van der Waals surface area contributed by atoms with E-state index in [2.05, 4.69) is 4.98 Å². The summed E-state index contributed by atoms with van der Waals surface area (Å²) >= 11 is 0. The van der Waals surface area contributed by atoms with Crippen LogP contribution in [0.25, 0.3) is 0 Å². The van der Waals surface area contributed by atoms with Crippen molar-refractivity contribution in [3.05, 3.63) is 65.5 Å². The number of rotatable bonds is 3. The first-order valence-electron chi connectivity index (χ1n) is 8.39. The van der Waals surface area contributed by atoms with Gasteiger partial charge in [-0.3, -0.25) is 4.98 Å². The molecule has 1 aliphatic heterocycles. The highest BCUT2D eigenvalue weighted by molar-refractivity contribution is 5.37. The fourth-order valence-electron chi connectivity index (χ4n) is 3.98. The number of benzene rings is 1. The highest BCUT2D eigenvalue weighted by Gasteiger charge is 2.62. The van der Waals surface area contributed by atoms with Gasteiger partial charge in [0.15, 0.2) is 5.79 Å². The minimum atomic E-state index is -4.40. The molecule has 2 aliphatic rings. The van der Waals surface area contributed by atoms with E-state index in [9.17, 15) is 18.3 Å². The van der Waals surface area contributed by atoms with Gasteiger partial charge in [0.2, 0.25) is 0 Å². The highest BCUT2D eigenvalue weighted by atomic mass is 19.4. The predicted molar refractivity (Wildman–Crippen MR) is 86.2 cm³/mol. The normalized spacial score (nSPS) is 22.2. The number of nitrogens with zero attached hydrogens (tertiary/aromatic N) is 1. The maximum Gasteiger partial charge on any atom is 0.416 e. The Morgan fingerprint density at radius 2 is 1.65 bits per heavy atom. The second-order valence-corrected chi connectivity index (χ2v) is 6.85. The van der Waals surface area contributed by atoms with Crippen LogP contribution in [0.4, 0.5) is 13.2 Å². The van der Waals surface area contributed by atoms with Gasteiger partial charge in [-0.15, -0.1) is 0 Å². The lowest BCUT2D eigenvalue weighted by Crippen LogP contribution is -2.58. The summed E-state index contributed by atoms with van der Waals surface area (Å²) in [4.78, 5) is 4.21. The first kappa shape index (κ1) is 17.5. The lowest BCUT2D eigenvalue weighted by atomic mass is 9.57. The number of aliphatic hydroxyl groups excluding tert-OH is 1. The molecule has 2 fully saturated rings. The molecule has 7 heteroatoms. The molecule has 1 aliphatic carbocycles. The molecule has 2 aromatic rings. The predicted octanol–water partition coefficient (Wildman–Crippen LogP) is 3.61. The van der Waals surface area contributed by atoms with E-state index in [-0.39, 0.29) is 0 Å². The molecular weight excluding hydrogens is 347 g/mol. The second-order valence-electron chi connectivity index (χ2n) is 6.85. The molecule has 4 rings (SSSR count). The largest absolute Gasteiger partial charge is 0.416 e.